The number of carboxylic acid groups (broad SMARTS) is 1. The first-order valence-corrected chi connectivity index (χ1v) is 5.20. The van der Waals surface area contributed by atoms with Crippen molar-refractivity contribution in [2.45, 2.75) is 19.4 Å². The molecule has 0 heterocycles. The second kappa shape index (κ2) is 6.00. The van der Waals surface area contributed by atoms with Gasteiger partial charge in [0.15, 0.2) is 0 Å². The zero-order chi connectivity index (χ0) is 12.8. The molecule has 0 saturated heterocycles. The van der Waals surface area contributed by atoms with Gasteiger partial charge in [0.25, 0.3) is 0 Å². The molecule has 17 heavy (non-hydrogen) atoms. The topological polar surface area (TPSA) is 83.8 Å². The second-order valence-electron chi connectivity index (χ2n) is 3.62. The van der Waals surface area contributed by atoms with E-state index in [0.717, 1.165) is 0 Å². The van der Waals surface area contributed by atoms with Gasteiger partial charge in [0.05, 0.1) is 23.8 Å². The van der Waals surface area contributed by atoms with Crippen molar-refractivity contribution in [1.29, 1.82) is 0 Å². The fourth-order valence-corrected chi connectivity index (χ4v) is 1.25. The van der Waals surface area contributed by atoms with Crippen LogP contribution in [0.4, 0.5) is 0 Å². The standard InChI is InChI=1S/C12H14O5/c1-8(13)6-7-17-12(16)10-5-3-2-4-9(10)11(14)15/h2-5,8,13H,6-7H2,1H3,(H,14,15)/t8-/m0/s1. The van der Waals surface area contributed by atoms with Gasteiger partial charge in [-0.05, 0) is 19.1 Å². The molecule has 1 aromatic carbocycles. The van der Waals surface area contributed by atoms with Crippen LogP contribution in [0.2, 0.25) is 0 Å². The number of hydrogen-bond donors (Lipinski definition) is 2. The van der Waals surface area contributed by atoms with Crippen molar-refractivity contribution in [3.8, 4) is 0 Å². The number of carbonyl (C=O) groups is 2. The largest absolute Gasteiger partial charge is 0.478 e. The Morgan fingerprint density at radius 2 is 1.88 bits per heavy atom. The van der Waals surface area contributed by atoms with E-state index in [1.165, 1.54) is 18.2 Å². The molecule has 2 N–H and O–H groups in total. The molecule has 0 aliphatic heterocycles. The lowest BCUT2D eigenvalue weighted by molar-refractivity contribution is 0.0436. The van der Waals surface area contributed by atoms with Gasteiger partial charge in [0, 0.05) is 6.42 Å². The summed E-state index contributed by atoms with van der Waals surface area (Å²) in [6.07, 6.45) is -0.237. The summed E-state index contributed by atoms with van der Waals surface area (Å²) < 4.78 is 4.87. The first-order chi connectivity index (χ1) is 8.02. The number of rotatable bonds is 5. The number of hydrogen-bond acceptors (Lipinski definition) is 4. The van der Waals surface area contributed by atoms with Crippen molar-refractivity contribution in [1.82, 2.24) is 0 Å². The molecule has 0 saturated carbocycles. The van der Waals surface area contributed by atoms with E-state index in [0.29, 0.717) is 6.42 Å². The summed E-state index contributed by atoms with van der Waals surface area (Å²) in [6, 6.07) is 5.84. The Labute approximate surface area is 98.6 Å². The molecule has 0 radical (unpaired) electrons. The molecule has 0 unspecified atom stereocenters. The molecule has 1 aromatic rings. The third-order valence-corrected chi connectivity index (χ3v) is 2.15. The van der Waals surface area contributed by atoms with E-state index < -0.39 is 18.0 Å². The smallest absolute Gasteiger partial charge is 0.339 e. The van der Waals surface area contributed by atoms with Gasteiger partial charge < -0.3 is 14.9 Å². The van der Waals surface area contributed by atoms with Crippen LogP contribution in [-0.2, 0) is 4.74 Å². The number of aliphatic hydroxyl groups excluding tert-OH is 1. The molecular formula is C12H14O5. The van der Waals surface area contributed by atoms with Gasteiger partial charge in [0.1, 0.15) is 0 Å². The molecular weight excluding hydrogens is 224 g/mol. The third-order valence-electron chi connectivity index (χ3n) is 2.15. The highest BCUT2D eigenvalue weighted by atomic mass is 16.5. The highest BCUT2D eigenvalue weighted by Gasteiger charge is 2.16. The van der Waals surface area contributed by atoms with Gasteiger partial charge in [-0.1, -0.05) is 12.1 Å². The van der Waals surface area contributed by atoms with Gasteiger partial charge in [-0.2, -0.15) is 0 Å². The highest BCUT2D eigenvalue weighted by Crippen LogP contribution is 2.10. The lowest BCUT2D eigenvalue weighted by Gasteiger charge is -2.08. The third kappa shape index (κ3) is 3.88. The number of esters is 1. The Hall–Kier alpha value is -1.88. The van der Waals surface area contributed by atoms with E-state index in [4.69, 9.17) is 14.9 Å². The lowest BCUT2D eigenvalue weighted by atomic mass is 10.1. The maximum absolute atomic E-state index is 11.6. The predicted octanol–water partition coefficient (Wildman–Crippen LogP) is 1.31. The van der Waals surface area contributed by atoms with Gasteiger partial charge in [-0.15, -0.1) is 0 Å². The van der Waals surface area contributed by atoms with Crippen LogP contribution < -0.4 is 0 Å². The summed E-state index contributed by atoms with van der Waals surface area (Å²) in [4.78, 5) is 22.4. The molecule has 0 spiro atoms. The average Bonchev–Trinajstić information content (AvgIpc) is 2.28. The average molecular weight is 238 g/mol. The molecule has 1 rings (SSSR count). The van der Waals surface area contributed by atoms with Crippen molar-refractivity contribution in [3.63, 3.8) is 0 Å². The molecule has 1 atom stereocenters. The summed E-state index contributed by atoms with van der Waals surface area (Å²) >= 11 is 0. The minimum atomic E-state index is -1.17. The highest BCUT2D eigenvalue weighted by molar-refractivity contribution is 6.02. The fraction of sp³-hybridized carbons (Fsp3) is 0.333. The van der Waals surface area contributed by atoms with Crippen LogP contribution in [0.1, 0.15) is 34.1 Å². The summed E-state index contributed by atoms with van der Waals surface area (Å²) in [5.74, 6) is -1.86. The van der Waals surface area contributed by atoms with Crippen LogP contribution in [0.5, 0.6) is 0 Å². The zero-order valence-corrected chi connectivity index (χ0v) is 9.42. The summed E-state index contributed by atoms with van der Waals surface area (Å²) in [5.41, 5.74) is -0.0693. The minimum Gasteiger partial charge on any atom is -0.478 e. The van der Waals surface area contributed by atoms with Gasteiger partial charge in [-0.25, -0.2) is 9.59 Å². The maximum atomic E-state index is 11.6. The predicted molar refractivity (Wildman–Crippen MR) is 60.0 cm³/mol. The molecule has 0 fully saturated rings. The fourth-order valence-electron chi connectivity index (χ4n) is 1.25. The van der Waals surface area contributed by atoms with Crippen LogP contribution in [-0.4, -0.2) is 34.9 Å². The minimum absolute atomic E-state index is 0.0191. The van der Waals surface area contributed by atoms with Crippen LogP contribution in [0, 0.1) is 0 Å². The Balaban J connectivity index is 2.72. The molecule has 5 nitrogen and oxygen atoms in total. The normalized spacial score (nSPS) is 11.9. The first-order valence-electron chi connectivity index (χ1n) is 5.20. The van der Waals surface area contributed by atoms with Crippen LogP contribution >= 0.6 is 0 Å². The van der Waals surface area contributed by atoms with E-state index >= 15 is 0 Å². The Morgan fingerprint density at radius 3 is 2.41 bits per heavy atom. The van der Waals surface area contributed by atoms with Crippen molar-refractivity contribution in [3.05, 3.63) is 35.4 Å². The summed E-state index contributed by atoms with van der Waals surface area (Å²) in [6.45, 7) is 1.64. The quantitative estimate of drug-likeness (QED) is 0.755. The molecule has 0 aliphatic carbocycles. The Kier molecular flexibility index (Phi) is 4.66. The lowest BCUT2D eigenvalue weighted by Crippen LogP contribution is -2.14. The summed E-state index contributed by atoms with van der Waals surface area (Å²) in [7, 11) is 0. The number of aromatic carboxylic acids is 1. The van der Waals surface area contributed by atoms with Crippen molar-refractivity contribution >= 4 is 11.9 Å². The molecule has 0 aliphatic rings. The van der Waals surface area contributed by atoms with Gasteiger partial charge in [-0.3, -0.25) is 0 Å². The number of benzene rings is 1. The molecule has 0 aromatic heterocycles. The second-order valence-corrected chi connectivity index (χ2v) is 3.62. The van der Waals surface area contributed by atoms with Gasteiger partial charge in [0.2, 0.25) is 0 Å². The number of carbonyl (C=O) groups excluding carboxylic acids is 1. The van der Waals surface area contributed by atoms with Crippen molar-refractivity contribution in [2.24, 2.45) is 0 Å². The van der Waals surface area contributed by atoms with E-state index in [9.17, 15) is 9.59 Å². The molecule has 0 amide bonds. The monoisotopic (exact) mass is 238 g/mol. The zero-order valence-electron chi connectivity index (χ0n) is 9.42. The van der Waals surface area contributed by atoms with Gasteiger partial charge >= 0.3 is 11.9 Å². The number of carboxylic acids is 1. The number of aliphatic hydroxyl groups is 1. The maximum Gasteiger partial charge on any atom is 0.339 e. The molecule has 0 bridgehead atoms. The first kappa shape index (κ1) is 13.2. The van der Waals surface area contributed by atoms with E-state index in [-0.39, 0.29) is 17.7 Å². The summed E-state index contributed by atoms with van der Waals surface area (Å²) in [5, 5.41) is 17.9. The van der Waals surface area contributed by atoms with Crippen LogP contribution in [0.15, 0.2) is 24.3 Å². The SMILES string of the molecule is C[C@H](O)CCOC(=O)c1ccccc1C(=O)O. The Bertz CT molecular complexity index is 411. The van der Waals surface area contributed by atoms with Crippen molar-refractivity contribution < 1.29 is 24.5 Å². The number of ether oxygens (including phenoxy) is 1. The Morgan fingerprint density at radius 1 is 1.29 bits per heavy atom. The van der Waals surface area contributed by atoms with Crippen LogP contribution in [0.25, 0.3) is 0 Å². The molecule has 5 heteroatoms. The molecule has 92 valence electrons. The van der Waals surface area contributed by atoms with Crippen molar-refractivity contribution in [2.75, 3.05) is 6.61 Å². The van der Waals surface area contributed by atoms with E-state index in [2.05, 4.69) is 0 Å². The van der Waals surface area contributed by atoms with Crippen LogP contribution in [0.3, 0.4) is 0 Å². The van der Waals surface area contributed by atoms with E-state index in [1.807, 2.05) is 0 Å². The van der Waals surface area contributed by atoms with E-state index in [1.54, 1.807) is 13.0 Å².